The number of allylic oxidation sites excluding steroid dienone is 8. The normalized spacial score (nSPS) is 17.7. The van der Waals surface area contributed by atoms with Gasteiger partial charge in [0, 0.05) is 28.9 Å². The summed E-state index contributed by atoms with van der Waals surface area (Å²) in [5.74, 6) is -0.444. The van der Waals surface area contributed by atoms with E-state index in [2.05, 4.69) is 22.4 Å². The van der Waals surface area contributed by atoms with Crippen molar-refractivity contribution in [2.75, 3.05) is 11.4 Å². The molecule has 45 heavy (non-hydrogen) atoms. The first-order valence-electron chi connectivity index (χ1n) is 15.6. The van der Waals surface area contributed by atoms with Gasteiger partial charge in [-0.25, -0.2) is 13.3 Å². The van der Waals surface area contributed by atoms with E-state index in [-0.39, 0.29) is 36.7 Å². The molecule has 1 N–H and O–H groups in total. The summed E-state index contributed by atoms with van der Waals surface area (Å²) < 4.78 is 30.3. The summed E-state index contributed by atoms with van der Waals surface area (Å²) in [5, 5.41) is 0.535. The molecule has 2 aliphatic rings. The van der Waals surface area contributed by atoms with Crippen LogP contribution in [0, 0.1) is 5.92 Å². The van der Waals surface area contributed by atoms with E-state index in [1.807, 2.05) is 58.9 Å². The average molecular weight is 650 g/mol. The SMILES string of the molecule is C=C(C)N=C(/C=C\C)CN(C(=O)CC(C)C1=CC=C(F)C=CC1)c1ccc2c(c1)C(NS(=O)c1cccc(Cl)c1)CCC2.CC. The predicted molar refractivity (Wildman–Crippen MR) is 189 cm³/mol. The molecule has 0 bridgehead atoms. The molecule has 2 aromatic rings. The third-order valence-corrected chi connectivity index (χ3v) is 8.95. The lowest BCUT2D eigenvalue weighted by Gasteiger charge is -2.30. The largest absolute Gasteiger partial charge is 0.306 e. The highest BCUT2D eigenvalue weighted by Gasteiger charge is 2.26. The second-order valence-electron chi connectivity index (χ2n) is 11.0. The zero-order chi connectivity index (χ0) is 32.9. The number of nitrogens with one attached hydrogen (secondary N) is 1. The molecule has 0 heterocycles. The summed E-state index contributed by atoms with van der Waals surface area (Å²) in [6.07, 6.45) is 13.8. The first-order chi connectivity index (χ1) is 21.6. The molecule has 8 heteroatoms. The van der Waals surface area contributed by atoms with E-state index in [0.29, 0.717) is 27.7 Å². The quantitative estimate of drug-likeness (QED) is 0.246. The number of amides is 1. The van der Waals surface area contributed by atoms with Crippen molar-refractivity contribution in [1.82, 2.24) is 4.72 Å². The Bertz CT molecular complexity index is 1540. The Balaban J connectivity index is 0.00000271. The molecule has 0 aliphatic heterocycles. The van der Waals surface area contributed by atoms with Crippen molar-refractivity contribution in [3.63, 3.8) is 0 Å². The van der Waals surface area contributed by atoms with Crippen molar-refractivity contribution in [3.8, 4) is 0 Å². The zero-order valence-electron chi connectivity index (χ0n) is 27.0. The van der Waals surface area contributed by atoms with Gasteiger partial charge >= 0.3 is 0 Å². The molecule has 0 saturated heterocycles. The lowest BCUT2D eigenvalue weighted by molar-refractivity contribution is -0.119. The number of nitrogens with zero attached hydrogens (tertiary/aromatic N) is 2. The van der Waals surface area contributed by atoms with E-state index in [1.54, 1.807) is 41.3 Å². The number of carbonyl (C=O) groups is 1. The minimum absolute atomic E-state index is 0.0623. The number of rotatable bonds is 11. The van der Waals surface area contributed by atoms with Crippen LogP contribution >= 0.6 is 11.6 Å². The van der Waals surface area contributed by atoms with Crippen LogP contribution in [-0.4, -0.2) is 22.4 Å². The van der Waals surface area contributed by atoms with Gasteiger partial charge in [0.1, 0.15) is 16.8 Å². The number of aliphatic imine (C=N–C) groups is 1. The van der Waals surface area contributed by atoms with Gasteiger partial charge < -0.3 is 4.90 Å². The fraction of sp³-hybridized carbons (Fsp3) is 0.351. The van der Waals surface area contributed by atoms with Crippen molar-refractivity contribution < 1.29 is 13.4 Å². The van der Waals surface area contributed by atoms with Crippen molar-refractivity contribution in [2.24, 2.45) is 10.9 Å². The van der Waals surface area contributed by atoms with E-state index in [1.165, 1.54) is 17.7 Å². The maximum absolute atomic E-state index is 14.0. The molecule has 3 unspecified atom stereocenters. The number of halogens is 2. The maximum Gasteiger partial charge on any atom is 0.227 e. The van der Waals surface area contributed by atoms with Gasteiger partial charge in [-0.1, -0.05) is 74.9 Å². The molecule has 0 saturated carbocycles. The minimum atomic E-state index is -1.45. The number of carbonyl (C=O) groups excluding carboxylic acids is 1. The van der Waals surface area contributed by atoms with E-state index in [4.69, 9.17) is 11.6 Å². The number of benzene rings is 2. The first-order valence-corrected chi connectivity index (χ1v) is 17.1. The molecule has 240 valence electrons. The van der Waals surface area contributed by atoms with Crippen LogP contribution in [0.3, 0.4) is 0 Å². The number of hydrogen-bond acceptors (Lipinski definition) is 3. The van der Waals surface area contributed by atoms with Crippen molar-refractivity contribution in [1.29, 1.82) is 0 Å². The van der Waals surface area contributed by atoms with Crippen LogP contribution in [0.4, 0.5) is 10.1 Å². The van der Waals surface area contributed by atoms with E-state index in [0.717, 1.165) is 36.1 Å². The van der Waals surface area contributed by atoms with Crippen molar-refractivity contribution in [3.05, 3.63) is 119 Å². The Labute approximate surface area is 276 Å². The highest BCUT2D eigenvalue weighted by Crippen LogP contribution is 2.34. The van der Waals surface area contributed by atoms with Gasteiger partial charge in [-0.3, -0.25) is 9.79 Å². The van der Waals surface area contributed by atoms with Crippen LogP contribution < -0.4 is 9.62 Å². The number of aryl methyl sites for hydroxylation is 1. The first kappa shape index (κ1) is 36.1. The zero-order valence-corrected chi connectivity index (χ0v) is 28.6. The molecule has 0 spiro atoms. The van der Waals surface area contributed by atoms with Crippen LogP contribution in [0.1, 0.15) is 77.5 Å². The standard InChI is InChI=1S/C35H39ClFN3O2S.C2H6/c1-5-9-30(38-24(2)3)23-40(35(41)20-25(4)26-10-6-13-29(37)18-16-26)31-19-17-27-11-7-15-34(33(27)22-31)39-43(42)32-14-8-12-28(36)21-32;1-2/h5-6,8-9,12-14,16-19,21-22,25,34,39H,2,7,10-11,15,20,23H2,1,3-4H3;1-2H3/b9-5-,38-30?;. The smallest absolute Gasteiger partial charge is 0.227 e. The topological polar surface area (TPSA) is 61.8 Å². The van der Waals surface area contributed by atoms with E-state index < -0.39 is 11.0 Å². The van der Waals surface area contributed by atoms with E-state index in [9.17, 15) is 13.4 Å². The van der Waals surface area contributed by atoms with Gasteiger partial charge in [-0.05, 0) is 105 Å². The summed E-state index contributed by atoms with van der Waals surface area (Å²) in [6.45, 7) is 13.9. The average Bonchev–Trinajstić information content (AvgIpc) is 3.25. The Morgan fingerprint density at radius 3 is 2.73 bits per heavy atom. The fourth-order valence-electron chi connectivity index (χ4n) is 5.39. The number of anilines is 1. The molecule has 0 fully saturated rings. The Morgan fingerprint density at radius 2 is 2.02 bits per heavy atom. The van der Waals surface area contributed by atoms with Crippen molar-refractivity contribution >= 4 is 39.9 Å². The Morgan fingerprint density at radius 1 is 1.24 bits per heavy atom. The molecule has 4 rings (SSSR count). The second kappa shape index (κ2) is 17.9. The van der Waals surface area contributed by atoms with Gasteiger partial charge in [0.15, 0.2) is 0 Å². The molecule has 2 aliphatic carbocycles. The Hall–Kier alpha value is -3.39. The number of fused-ring (bicyclic) bond motifs is 1. The summed E-state index contributed by atoms with van der Waals surface area (Å²) in [5.41, 5.74) is 5.32. The lowest BCUT2D eigenvalue weighted by Crippen LogP contribution is -2.37. The third kappa shape index (κ3) is 10.6. The molecule has 0 aromatic heterocycles. The van der Waals surface area contributed by atoms with Gasteiger partial charge in [0.2, 0.25) is 5.91 Å². The Kier molecular flexibility index (Phi) is 14.4. The third-order valence-electron chi connectivity index (χ3n) is 7.53. The molecular formula is C37H45ClFN3O2S. The lowest BCUT2D eigenvalue weighted by atomic mass is 9.87. The molecular weight excluding hydrogens is 605 g/mol. The van der Waals surface area contributed by atoms with Crippen LogP contribution in [0.25, 0.3) is 0 Å². The van der Waals surface area contributed by atoms with E-state index >= 15 is 0 Å². The van der Waals surface area contributed by atoms with Crippen LogP contribution in [0.5, 0.6) is 0 Å². The predicted octanol–water partition coefficient (Wildman–Crippen LogP) is 9.71. The maximum atomic E-state index is 14.0. The summed E-state index contributed by atoms with van der Waals surface area (Å²) >= 11 is 6.15. The summed E-state index contributed by atoms with van der Waals surface area (Å²) in [4.78, 5) is 21.0. The monoisotopic (exact) mass is 649 g/mol. The van der Waals surface area contributed by atoms with Crippen LogP contribution in [-0.2, 0) is 22.2 Å². The van der Waals surface area contributed by atoms with Gasteiger partial charge in [0.05, 0.1) is 17.2 Å². The van der Waals surface area contributed by atoms with Crippen LogP contribution in [0.15, 0.2) is 112 Å². The molecule has 1 amide bonds. The molecule has 5 nitrogen and oxygen atoms in total. The highest BCUT2D eigenvalue weighted by molar-refractivity contribution is 7.83. The van der Waals surface area contributed by atoms with Gasteiger partial charge in [-0.2, -0.15) is 0 Å². The fourth-order valence-corrected chi connectivity index (χ4v) is 6.72. The molecule has 0 radical (unpaired) electrons. The molecule has 2 aromatic carbocycles. The summed E-state index contributed by atoms with van der Waals surface area (Å²) in [7, 11) is -1.45. The van der Waals surface area contributed by atoms with Gasteiger partial charge in [-0.15, -0.1) is 0 Å². The second-order valence-corrected chi connectivity index (χ2v) is 12.7. The highest BCUT2D eigenvalue weighted by atomic mass is 35.5. The van der Waals surface area contributed by atoms with Gasteiger partial charge in [0.25, 0.3) is 0 Å². The summed E-state index contributed by atoms with van der Waals surface area (Å²) in [6, 6.07) is 13.0. The number of hydrogen-bond donors (Lipinski definition) is 1. The van der Waals surface area contributed by atoms with Crippen molar-refractivity contribution in [2.45, 2.75) is 77.7 Å². The molecule has 3 atom stereocenters. The van der Waals surface area contributed by atoms with Crippen LogP contribution in [0.2, 0.25) is 5.02 Å². The minimum Gasteiger partial charge on any atom is -0.306 e.